The Kier molecular flexibility index (Phi) is 12.7. The molecule has 9 heteroatoms. The number of nitrogens with one attached hydrogen (secondary N) is 1. The lowest BCUT2D eigenvalue weighted by Gasteiger charge is -2.21. The first kappa shape index (κ1) is 32.1. The molecule has 0 fully saturated rings. The van der Waals surface area contributed by atoms with Gasteiger partial charge in [-0.2, -0.15) is 0 Å². The highest BCUT2D eigenvalue weighted by molar-refractivity contribution is 5.95. The van der Waals surface area contributed by atoms with Crippen LogP contribution in [-0.4, -0.2) is 24.0 Å². The number of halogens is 2. The Morgan fingerprint density at radius 1 is 0.946 bits per heavy atom. The molecule has 1 heterocycles. The third-order valence-corrected chi connectivity index (χ3v) is 5.90. The van der Waals surface area contributed by atoms with Crippen LogP contribution in [0.25, 0.3) is 11.1 Å². The van der Waals surface area contributed by atoms with E-state index in [1.54, 1.807) is 24.3 Å². The van der Waals surface area contributed by atoms with Crippen molar-refractivity contribution in [3.05, 3.63) is 82.2 Å². The first-order chi connectivity index (χ1) is 16.8. The van der Waals surface area contributed by atoms with Gasteiger partial charge in [0.25, 0.3) is 0 Å². The number of carbonyl (C=O) groups excluding carboxylic acids is 2. The van der Waals surface area contributed by atoms with Crippen molar-refractivity contribution in [3.8, 4) is 11.1 Å². The number of aryl methyl sites for hydroxylation is 1. The molecule has 0 unspecified atom stereocenters. The van der Waals surface area contributed by atoms with Gasteiger partial charge in [0.05, 0.1) is 19.1 Å². The van der Waals surface area contributed by atoms with E-state index in [0.29, 0.717) is 30.3 Å². The number of rotatable bonds is 9. The van der Waals surface area contributed by atoms with Crippen LogP contribution >= 0.6 is 24.8 Å². The zero-order valence-corrected chi connectivity index (χ0v) is 23.3. The quantitative estimate of drug-likeness (QED) is 0.325. The van der Waals surface area contributed by atoms with Gasteiger partial charge in [-0.25, -0.2) is 4.79 Å². The maximum Gasteiger partial charge on any atom is 0.337 e. The SMILES string of the molecule is COC(=O)c1ccc(NC(=O)Cc2c(C)nc(CC(C)C)c(CN)c2-c2ccc(CN)cc2)cc1.Cl.Cl. The number of hydrogen-bond acceptors (Lipinski definition) is 6. The van der Waals surface area contributed by atoms with Crippen molar-refractivity contribution >= 4 is 42.4 Å². The molecule has 0 atom stereocenters. The topological polar surface area (TPSA) is 120 Å². The van der Waals surface area contributed by atoms with Crippen LogP contribution in [0.4, 0.5) is 5.69 Å². The molecule has 37 heavy (non-hydrogen) atoms. The molecule has 3 aromatic rings. The maximum atomic E-state index is 13.1. The Bertz CT molecular complexity index is 1200. The van der Waals surface area contributed by atoms with Gasteiger partial charge < -0.3 is 21.5 Å². The molecule has 0 radical (unpaired) electrons. The monoisotopic (exact) mass is 546 g/mol. The van der Waals surface area contributed by atoms with Crippen molar-refractivity contribution in [3.63, 3.8) is 0 Å². The van der Waals surface area contributed by atoms with Crippen molar-refractivity contribution in [2.45, 2.75) is 46.7 Å². The van der Waals surface area contributed by atoms with Crippen LogP contribution < -0.4 is 16.8 Å². The average Bonchev–Trinajstić information content (AvgIpc) is 2.85. The summed E-state index contributed by atoms with van der Waals surface area (Å²) in [5.41, 5.74) is 19.6. The molecule has 5 N–H and O–H groups in total. The van der Waals surface area contributed by atoms with Gasteiger partial charge in [-0.05, 0) is 71.3 Å². The van der Waals surface area contributed by atoms with Crippen molar-refractivity contribution < 1.29 is 14.3 Å². The average molecular weight is 548 g/mol. The number of hydrogen-bond donors (Lipinski definition) is 3. The number of nitrogens with zero attached hydrogens (tertiary/aromatic N) is 1. The number of nitrogens with two attached hydrogens (primary N) is 2. The molecule has 7 nitrogen and oxygen atoms in total. The van der Waals surface area contributed by atoms with Crippen LogP contribution in [-0.2, 0) is 35.5 Å². The van der Waals surface area contributed by atoms with Crippen LogP contribution in [0.15, 0.2) is 48.5 Å². The van der Waals surface area contributed by atoms with Crippen molar-refractivity contribution in [2.24, 2.45) is 17.4 Å². The molecular weight excluding hydrogens is 511 g/mol. The summed E-state index contributed by atoms with van der Waals surface area (Å²) < 4.78 is 4.72. The minimum atomic E-state index is -0.425. The van der Waals surface area contributed by atoms with Crippen molar-refractivity contribution in [1.82, 2.24) is 4.98 Å². The van der Waals surface area contributed by atoms with E-state index < -0.39 is 5.97 Å². The third kappa shape index (κ3) is 8.01. The molecule has 2 aromatic carbocycles. The van der Waals surface area contributed by atoms with Gasteiger partial charge in [0, 0.05) is 30.2 Å². The minimum absolute atomic E-state index is 0. The summed E-state index contributed by atoms with van der Waals surface area (Å²) in [6.45, 7) is 7.03. The Morgan fingerprint density at radius 2 is 1.57 bits per heavy atom. The lowest BCUT2D eigenvalue weighted by Crippen LogP contribution is -2.19. The molecule has 0 spiro atoms. The fraction of sp³-hybridized carbons (Fsp3) is 0.321. The molecule has 0 saturated heterocycles. The Morgan fingerprint density at radius 3 is 2.08 bits per heavy atom. The molecule has 0 aliphatic rings. The molecule has 0 aliphatic heterocycles. The highest BCUT2D eigenvalue weighted by atomic mass is 35.5. The van der Waals surface area contributed by atoms with Crippen molar-refractivity contribution in [2.75, 3.05) is 12.4 Å². The summed E-state index contributed by atoms with van der Waals surface area (Å²) in [5.74, 6) is -0.187. The number of benzene rings is 2. The first-order valence-electron chi connectivity index (χ1n) is 11.8. The molecule has 200 valence electrons. The molecule has 3 rings (SSSR count). The van der Waals surface area contributed by atoms with E-state index in [2.05, 4.69) is 19.2 Å². The summed E-state index contributed by atoms with van der Waals surface area (Å²) in [6.07, 6.45) is 0.945. The summed E-state index contributed by atoms with van der Waals surface area (Å²) in [7, 11) is 1.33. The predicted molar refractivity (Wildman–Crippen MR) is 153 cm³/mol. The molecule has 0 bridgehead atoms. The number of ether oxygens (including phenoxy) is 1. The van der Waals surface area contributed by atoms with Crippen LogP contribution in [0.1, 0.15) is 52.3 Å². The van der Waals surface area contributed by atoms with E-state index >= 15 is 0 Å². The summed E-state index contributed by atoms with van der Waals surface area (Å²) in [4.78, 5) is 29.6. The smallest absolute Gasteiger partial charge is 0.337 e. The highest BCUT2D eigenvalue weighted by Gasteiger charge is 2.21. The van der Waals surface area contributed by atoms with Gasteiger partial charge in [0.1, 0.15) is 0 Å². The fourth-order valence-corrected chi connectivity index (χ4v) is 4.17. The van der Waals surface area contributed by atoms with Crippen LogP contribution in [0.3, 0.4) is 0 Å². The fourth-order valence-electron chi connectivity index (χ4n) is 4.17. The number of carbonyl (C=O) groups is 2. The largest absolute Gasteiger partial charge is 0.465 e. The van der Waals surface area contributed by atoms with Gasteiger partial charge in [-0.3, -0.25) is 9.78 Å². The molecule has 1 amide bonds. The van der Waals surface area contributed by atoms with E-state index in [1.807, 2.05) is 31.2 Å². The van der Waals surface area contributed by atoms with Gasteiger partial charge in [-0.1, -0.05) is 38.1 Å². The Balaban J connectivity index is 0.00000342. The van der Waals surface area contributed by atoms with E-state index in [9.17, 15) is 9.59 Å². The van der Waals surface area contributed by atoms with E-state index in [-0.39, 0.29) is 37.1 Å². The summed E-state index contributed by atoms with van der Waals surface area (Å²) in [6, 6.07) is 14.7. The maximum absolute atomic E-state index is 13.1. The predicted octanol–water partition coefficient (Wildman–Crippen LogP) is 4.98. The minimum Gasteiger partial charge on any atom is -0.465 e. The van der Waals surface area contributed by atoms with Crippen LogP contribution in [0.5, 0.6) is 0 Å². The molecule has 0 saturated carbocycles. The normalized spacial score (nSPS) is 10.4. The summed E-state index contributed by atoms with van der Waals surface area (Å²) in [5, 5.41) is 2.92. The number of anilines is 1. The number of amides is 1. The number of aromatic nitrogens is 1. The zero-order valence-electron chi connectivity index (χ0n) is 21.7. The van der Waals surface area contributed by atoms with E-state index in [1.165, 1.54) is 7.11 Å². The first-order valence-corrected chi connectivity index (χ1v) is 11.8. The number of methoxy groups -OCH3 is 1. The summed E-state index contributed by atoms with van der Waals surface area (Å²) >= 11 is 0. The lowest BCUT2D eigenvalue weighted by molar-refractivity contribution is -0.115. The Labute approximate surface area is 231 Å². The van der Waals surface area contributed by atoms with Crippen molar-refractivity contribution in [1.29, 1.82) is 0 Å². The number of pyridine rings is 1. The number of esters is 1. The zero-order chi connectivity index (χ0) is 25.5. The van der Waals surface area contributed by atoms with Gasteiger partial charge >= 0.3 is 5.97 Å². The molecular formula is C28H36Cl2N4O3. The van der Waals surface area contributed by atoms with Gasteiger partial charge in [0.2, 0.25) is 5.91 Å². The second-order valence-corrected chi connectivity index (χ2v) is 8.97. The van der Waals surface area contributed by atoms with Crippen LogP contribution in [0, 0.1) is 12.8 Å². The molecule has 0 aliphatic carbocycles. The van der Waals surface area contributed by atoms with Gasteiger partial charge in [0.15, 0.2) is 0 Å². The van der Waals surface area contributed by atoms with E-state index in [4.69, 9.17) is 21.2 Å². The standard InChI is InChI=1S/C28H34N4O3.2ClH/c1-17(2)13-25-24(16-30)27(20-7-5-19(15-29)6-8-20)23(18(3)31-25)14-26(33)32-22-11-9-21(10-12-22)28(34)35-4;;/h5-12,17H,13-16,29-30H2,1-4H3,(H,32,33);2*1H. The van der Waals surface area contributed by atoms with Gasteiger partial charge in [-0.15, -0.1) is 24.8 Å². The lowest BCUT2D eigenvalue weighted by atomic mass is 9.88. The highest BCUT2D eigenvalue weighted by Crippen LogP contribution is 2.33. The third-order valence-electron chi connectivity index (χ3n) is 5.90. The molecule has 1 aromatic heterocycles. The second kappa shape index (κ2) is 14.7. The Hall–Kier alpha value is -2.97. The second-order valence-electron chi connectivity index (χ2n) is 8.97. The van der Waals surface area contributed by atoms with Crippen LogP contribution in [0.2, 0.25) is 0 Å². The van der Waals surface area contributed by atoms with E-state index in [0.717, 1.165) is 45.6 Å².